The summed E-state index contributed by atoms with van der Waals surface area (Å²) in [6.45, 7) is 0. The summed E-state index contributed by atoms with van der Waals surface area (Å²) in [5.41, 5.74) is -0.519. The van der Waals surface area contributed by atoms with Gasteiger partial charge >= 0.3 is 5.97 Å². The summed E-state index contributed by atoms with van der Waals surface area (Å²) in [7, 11) is -8.05. The van der Waals surface area contributed by atoms with E-state index >= 15 is 0 Å². The van der Waals surface area contributed by atoms with Crippen LogP contribution in [0.25, 0.3) is 0 Å². The molecule has 128 valence electrons. The third-order valence-electron chi connectivity index (χ3n) is 2.94. The molecule has 0 heterocycles. The fraction of sp³-hybridized carbons (Fsp3) is 0. The minimum atomic E-state index is -4.14. The van der Waals surface area contributed by atoms with Crippen LogP contribution >= 0.6 is 0 Å². The average molecular weight is 372 g/mol. The number of carboxylic acids is 1. The van der Waals surface area contributed by atoms with Crippen molar-refractivity contribution in [3.63, 3.8) is 0 Å². The van der Waals surface area contributed by atoms with Crippen LogP contribution in [0.5, 0.6) is 5.75 Å². The number of carbonyl (C=O) groups is 1. The highest BCUT2D eigenvalue weighted by Crippen LogP contribution is 2.23. The lowest BCUT2D eigenvalue weighted by atomic mass is 10.2. The molecule has 0 aliphatic carbocycles. The van der Waals surface area contributed by atoms with Gasteiger partial charge < -0.3 is 10.2 Å². The van der Waals surface area contributed by atoms with Gasteiger partial charge in [0.2, 0.25) is 10.0 Å². The number of primary sulfonamides is 1. The Balaban J connectivity index is 2.35. The number of aromatic carboxylic acids is 1. The largest absolute Gasteiger partial charge is 0.507 e. The van der Waals surface area contributed by atoms with Crippen LogP contribution in [-0.2, 0) is 20.0 Å². The Bertz CT molecular complexity index is 997. The molecule has 0 spiro atoms. The first-order chi connectivity index (χ1) is 11.0. The van der Waals surface area contributed by atoms with Gasteiger partial charge in [-0.25, -0.2) is 26.8 Å². The molecule has 11 heteroatoms. The lowest BCUT2D eigenvalue weighted by Crippen LogP contribution is -2.15. The highest BCUT2D eigenvalue weighted by Gasteiger charge is 2.19. The van der Waals surface area contributed by atoms with Crippen LogP contribution in [0.3, 0.4) is 0 Å². The van der Waals surface area contributed by atoms with Crippen molar-refractivity contribution < 1.29 is 31.8 Å². The van der Waals surface area contributed by atoms with E-state index in [2.05, 4.69) is 4.72 Å². The van der Waals surface area contributed by atoms with Crippen molar-refractivity contribution in [2.24, 2.45) is 5.14 Å². The van der Waals surface area contributed by atoms with Crippen LogP contribution in [0.15, 0.2) is 52.3 Å². The van der Waals surface area contributed by atoms with E-state index in [4.69, 9.17) is 10.2 Å². The lowest BCUT2D eigenvalue weighted by molar-refractivity contribution is 0.0693. The Hall–Kier alpha value is -2.63. The Morgan fingerprint density at radius 3 is 2.00 bits per heavy atom. The van der Waals surface area contributed by atoms with Crippen molar-refractivity contribution in [3.05, 3.63) is 48.0 Å². The molecule has 2 aromatic rings. The van der Waals surface area contributed by atoms with Gasteiger partial charge in [0.1, 0.15) is 11.3 Å². The molecule has 0 unspecified atom stereocenters. The smallest absolute Gasteiger partial charge is 0.339 e. The number of hydrogen-bond acceptors (Lipinski definition) is 6. The van der Waals surface area contributed by atoms with Crippen molar-refractivity contribution in [2.75, 3.05) is 4.72 Å². The molecule has 0 aliphatic heterocycles. The van der Waals surface area contributed by atoms with Crippen LogP contribution in [0.2, 0.25) is 0 Å². The Morgan fingerprint density at radius 1 is 0.958 bits per heavy atom. The predicted molar refractivity (Wildman–Crippen MR) is 83.7 cm³/mol. The molecular formula is C13H12N2O7S2. The van der Waals surface area contributed by atoms with E-state index in [0.717, 1.165) is 30.3 Å². The van der Waals surface area contributed by atoms with Crippen LogP contribution in [0.1, 0.15) is 10.4 Å². The number of benzene rings is 2. The van der Waals surface area contributed by atoms with Crippen molar-refractivity contribution >= 4 is 31.7 Å². The number of hydrogen-bond donors (Lipinski definition) is 4. The van der Waals surface area contributed by atoms with Crippen LogP contribution in [0, 0.1) is 0 Å². The van der Waals surface area contributed by atoms with Gasteiger partial charge in [-0.15, -0.1) is 0 Å². The number of nitrogens with one attached hydrogen (secondary N) is 1. The van der Waals surface area contributed by atoms with E-state index in [-0.39, 0.29) is 15.5 Å². The van der Waals surface area contributed by atoms with Gasteiger partial charge in [0.15, 0.2) is 0 Å². The molecule has 2 aromatic carbocycles. The van der Waals surface area contributed by atoms with E-state index < -0.39 is 37.3 Å². The molecule has 0 amide bonds. The predicted octanol–water partition coefficient (Wildman–Crippen LogP) is 0.539. The fourth-order valence-corrected chi connectivity index (χ4v) is 3.38. The molecule has 2 rings (SSSR count). The number of aromatic hydroxyl groups is 1. The second-order valence-electron chi connectivity index (χ2n) is 4.66. The van der Waals surface area contributed by atoms with Crippen molar-refractivity contribution in [1.29, 1.82) is 0 Å². The maximum absolute atomic E-state index is 12.2. The zero-order valence-corrected chi connectivity index (χ0v) is 13.5. The monoisotopic (exact) mass is 372 g/mol. The van der Waals surface area contributed by atoms with E-state index in [1.807, 2.05) is 0 Å². The maximum atomic E-state index is 12.2. The zero-order chi connectivity index (χ0) is 18.1. The summed E-state index contributed by atoms with van der Waals surface area (Å²) in [4.78, 5) is 10.4. The number of phenols is 1. The molecule has 0 saturated heterocycles. The minimum absolute atomic E-state index is 0.0485. The number of rotatable bonds is 5. The second kappa shape index (κ2) is 6.11. The molecule has 0 bridgehead atoms. The standard InChI is InChI=1S/C13H12N2O7S2/c14-23(19,20)9-3-1-8(2-4-9)15-24(21,22)10-5-6-12(16)11(7-10)13(17)18/h1-7,15-16H,(H,17,18)(H2,14,19,20). The van der Waals surface area contributed by atoms with Gasteiger partial charge in [-0.1, -0.05) is 0 Å². The molecule has 0 atom stereocenters. The average Bonchev–Trinajstić information content (AvgIpc) is 2.46. The lowest BCUT2D eigenvalue weighted by Gasteiger charge is -2.10. The van der Waals surface area contributed by atoms with E-state index in [1.165, 1.54) is 12.1 Å². The number of nitrogens with two attached hydrogens (primary N) is 1. The van der Waals surface area contributed by atoms with Gasteiger partial charge in [0, 0.05) is 5.69 Å². The summed E-state index contributed by atoms with van der Waals surface area (Å²) in [6, 6.07) is 7.40. The topological polar surface area (TPSA) is 164 Å². The molecule has 0 fully saturated rings. The molecule has 0 aliphatic rings. The summed E-state index contributed by atoms with van der Waals surface area (Å²) in [6.07, 6.45) is 0. The number of carboxylic acid groups (broad SMARTS) is 1. The first kappa shape index (κ1) is 17.7. The van der Waals surface area contributed by atoms with Crippen molar-refractivity contribution in [3.8, 4) is 5.75 Å². The van der Waals surface area contributed by atoms with Gasteiger partial charge in [0.05, 0.1) is 9.79 Å². The first-order valence-electron chi connectivity index (χ1n) is 6.23. The number of anilines is 1. The number of sulfonamides is 2. The third kappa shape index (κ3) is 3.82. The normalized spacial score (nSPS) is 11.9. The minimum Gasteiger partial charge on any atom is -0.507 e. The fourth-order valence-electron chi connectivity index (χ4n) is 1.78. The summed E-state index contributed by atoms with van der Waals surface area (Å²) in [5, 5.41) is 23.2. The zero-order valence-electron chi connectivity index (χ0n) is 11.9. The second-order valence-corrected chi connectivity index (χ2v) is 7.90. The molecule has 5 N–H and O–H groups in total. The van der Waals surface area contributed by atoms with Crippen molar-refractivity contribution in [2.45, 2.75) is 9.79 Å². The molecule has 0 radical (unpaired) electrons. The highest BCUT2D eigenvalue weighted by atomic mass is 32.2. The Kier molecular flexibility index (Phi) is 4.51. The first-order valence-corrected chi connectivity index (χ1v) is 9.25. The third-order valence-corrected chi connectivity index (χ3v) is 5.25. The Morgan fingerprint density at radius 2 is 1.50 bits per heavy atom. The van der Waals surface area contributed by atoms with Gasteiger partial charge in [-0.05, 0) is 42.5 Å². The molecule has 24 heavy (non-hydrogen) atoms. The quantitative estimate of drug-likeness (QED) is 0.594. The van der Waals surface area contributed by atoms with Crippen molar-refractivity contribution in [1.82, 2.24) is 0 Å². The van der Waals surface area contributed by atoms with Gasteiger partial charge in [-0.3, -0.25) is 4.72 Å². The summed E-state index contributed by atoms with van der Waals surface area (Å²) < 4.78 is 48.9. The van der Waals surface area contributed by atoms with Gasteiger partial charge in [0.25, 0.3) is 10.0 Å². The summed E-state index contributed by atoms with van der Waals surface area (Å²) >= 11 is 0. The SMILES string of the molecule is NS(=O)(=O)c1ccc(NS(=O)(=O)c2ccc(O)c(C(=O)O)c2)cc1. The Labute approximate surface area is 137 Å². The molecule has 9 nitrogen and oxygen atoms in total. The molecule has 0 saturated carbocycles. The van der Waals surface area contributed by atoms with E-state index in [0.29, 0.717) is 0 Å². The summed E-state index contributed by atoms with van der Waals surface area (Å²) in [5.74, 6) is -2.05. The van der Waals surface area contributed by atoms with Gasteiger partial charge in [-0.2, -0.15) is 0 Å². The molecule has 0 aromatic heterocycles. The van der Waals surface area contributed by atoms with E-state index in [9.17, 15) is 26.7 Å². The molecular weight excluding hydrogens is 360 g/mol. The maximum Gasteiger partial charge on any atom is 0.339 e. The highest BCUT2D eigenvalue weighted by molar-refractivity contribution is 7.92. The van der Waals surface area contributed by atoms with Crippen LogP contribution in [-0.4, -0.2) is 33.0 Å². The van der Waals surface area contributed by atoms with E-state index in [1.54, 1.807) is 0 Å². The van der Waals surface area contributed by atoms with Crippen LogP contribution < -0.4 is 9.86 Å². The van der Waals surface area contributed by atoms with Crippen LogP contribution in [0.4, 0.5) is 5.69 Å².